The number of benzene rings is 1. The Kier molecular flexibility index (Phi) is 5.93. The topological polar surface area (TPSA) is 81.9 Å². The quantitative estimate of drug-likeness (QED) is 0.775. The highest BCUT2D eigenvalue weighted by atomic mass is 35.5. The standard InChI is InChI=1S/C16H20ClN5O2S/c1-10-5-6-12(17)8-14(10)18-15(23)11(2)25-16-19-20-21-22(16)9-13-4-3-7-24-13/h5-6,8,11,13H,3-4,7,9H2,1-2H3,(H,18,23)/t11-,13+/m0/s1. The van der Waals surface area contributed by atoms with E-state index < -0.39 is 0 Å². The van der Waals surface area contributed by atoms with Gasteiger partial charge in [0.1, 0.15) is 0 Å². The summed E-state index contributed by atoms with van der Waals surface area (Å²) in [6.07, 6.45) is 2.21. The van der Waals surface area contributed by atoms with E-state index in [9.17, 15) is 4.79 Å². The van der Waals surface area contributed by atoms with Crippen LogP contribution in [0.3, 0.4) is 0 Å². The lowest BCUT2D eigenvalue weighted by atomic mass is 10.2. The second kappa shape index (κ2) is 8.16. The first kappa shape index (κ1) is 18.2. The van der Waals surface area contributed by atoms with Crippen molar-refractivity contribution in [2.24, 2.45) is 0 Å². The fraction of sp³-hybridized carbons (Fsp3) is 0.500. The fourth-order valence-electron chi connectivity index (χ4n) is 2.55. The molecule has 1 fully saturated rings. The maximum atomic E-state index is 12.5. The Bertz CT molecular complexity index is 748. The van der Waals surface area contributed by atoms with Crippen LogP contribution in [-0.2, 0) is 16.1 Å². The highest BCUT2D eigenvalue weighted by molar-refractivity contribution is 8.00. The second-order valence-corrected chi connectivity index (χ2v) is 7.73. The van der Waals surface area contributed by atoms with E-state index in [0.717, 1.165) is 25.0 Å². The van der Waals surface area contributed by atoms with E-state index in [4.69, 9.17) is 16.3 Å². The Morgan fingerprint density at radius 1 is 1.56 bits per heavy atom. The van der Waals surface area contributed by atoms with Gasteiger partial charge < -0.3 is 10.1 Å². The summed E-state index contributed by atoms with van der Waals surface area (Å²) in [5.41, 5.74) is 1.67. The Balaban J connectivity index is 1.61. The summed E-state index contributed by atoms with van der Waals surface area (Å²) < 4.78 is 7.32. The number of tetrazole rings is 1. The third kappa shape index (κ3) is 4.71. The van der Waals surface area contributed by atoms with Gasteiger partial charge in [-0.1, -0.05) is 29.4 Å². The van der Waals surface area contributed by atoms with Gasteiger partial charge in [-0.2, -0.15) is 0 Å². The maximum absolute atomic E-state index is 12.5. The van der Waals surface area contributed by atoms with Crippen LogP contribution in [0.1, 0.15) is 25.3 Å². The van der Waals surface area contributed by atoms with Gasteiger partial charge in [0.15, 0.2) is 0 Å². The molecule has 2 aromatic rings. The zero-order valence-electron chi connectivity index (χ0n) is 14.1. The van der Waals surface area contributed by atoms with E-state index in [1.54, 1.807) is 16.8 Å². The van der Waals surface area contributed by atoms with Crippen LogP contribution in [0, 0.1) is 6.92 Å². The number of nitrogens with zero attached hydrogens (tertiary/aromatic N) is 4. The normalized spacial score (nSPS) is 18.3. The number of thioether (sulfide) groups is 1. The van der Waals surface area contributed by atoms with Gasteiger partial charge in [0.25, 0.3) is 0 Å². The SMILES string of the molecule is Cc1ccc(Cl)cc1NC(=O)[C@H](C)Sc1nnnn1C[C@H]1CCCO1. The summed E-state index contributed by atoms with van der Waals surface area (Å²) >= 11 is 7.32. The van der Waals surface area contributed by atoms with Crippen molar-refractivity contribution in [2.75, 3.05) is 11.9 Å². The van der Waals surface area contributed by atoms with Crippen molar-refractivity contribution < 1.29 is 9.53 Å². The smallest absolute Gasteiger partial charge is 0.237 e. The van der Waals surface area contributed by atoms with Crippen LogP contribution >= 0.6 is 23.4 Å². The minimum absolute atomic E-state index is 0.123. The molecule has 1 aromatic heterocycles. The number of aromatic nitrogens is 4. The van der Waals surface area contributed by atoms with Crippen molar-refractivity contribution in [3.8, 4) is 0 Å². The number of ether oxygens (including phenoxy) is 1. The zero-order valence-corrected chi connectivity index (χ0v) is 15.7. The van der Waals surface area contributed by atoms with Gasteiger partial charge in [0, 0.05) is 17.3 Å². The summed E-state index contributed by atoms with van der Waals surface area (Å²) in [6.45, 7) is 5.14. The summed E-state index contributed by atoms with van der Waals surface area (Å²) in [4.78, 5) is 12.5. The number of hydrogen-bond acceptors (Lipinski definition) is 6. The minimum atomic E-state index is -0.354. The number of carbonyl (C=O) groups is 1. The van der Waals surface area contributed by atoms with E-state index in [1.807, 2.05) is 19.9 Å². The van der Waals surface area contributed by atoms with Gasteiger partial charge in [-0.05, 0) is 54.8 Å². The number of carbonyl (C=O) groups excluding carboxylic acids is 1. The van der Waals surface area contributed by atoms with Gasteiger partial charge in [-0.3, -0.25) is 4.79 Å². The lowest BCUT2D eigenvalue weighted by Gasteiger charge is -2.14. The van der Waals surface area contributed by atoms with Crippen LogP contribution in [0.2, 0.25) is 5.02 Å². The van der Waals surface area contributed by atoms with Crippen LogP contribution in [0.4, 0.5) is 5.69 Å². The van der Waals surface area contributed by atoms with Gasteiger partial charge in [0.2, 0.25) is 11.1 Å². The minimum Gasteiger partial charge on any atom is -0.376 e. The summed E-state index contributed by atoms with van der Waals surface area (Å²) in [5, 5.41) is 15.5. The third-order valence-corrected chi connectivity index (χ3v) is 5.31. The van der Waals surface area contributed by atoms with E-state index in [-0.39, 0.29) is 17.3 Å². The van der Waals surface area contributed by atoms with Crippen molar-refractivity contribution in [1.82, 2.24) is 20.2 Å². The molecule has 0 bridgehead atoms. The molecular formula is C16H20ClN5O2S. The Morgan fingerprint density at radius 2 is 2.40 bits per heavy atom. The van der Waals surface area contributed by atoms with E-state index >= 15 is 0 Å². The number of nitrogens with one attached hydrogen (secondary N) is 1. The van der Waals surface area contributed by atoms with Crippen molar-refractivity contribution in [3.05, 3.63) is 28.8 Å². The van der Waals surface area contributed by atoms with Crippen molar-refractivity contribution >= 4 is 35.0 Å². The molecular weight excluding hydrogens is 362 g/mol. The van der Waals surface area contributed by atoms with E-state index in [1.165, 1.54) is 11.8 Å². The van der Waals surface area contributed by atoms with Crippen molar-refractivity contribution in [2.45, 2.75) is 49.7 Å². The lowest BCUT2D eigenvalue weighted by Crippen LogP contribution is -2.24. The highest BCUT2D eigenvalue weighted by Gasteiger charge is 2.22. The molecule has 1 aromatic carbocycles. The number of amides is 1. The first-order valence-corrected chi connectivity index (χ1v) is 9.40. The van der Waals surface area contributed by atoms with Gasteiger partial charge in [-0.15, -0.1) is 5.10 Å². The molecule has 2 atom stereocenters. The lowest BCUT2D eigenvalue weighted by molar-refractivity contribution is -0.115. The molecule has 0 spiro atoms. The maximum Gasteiger partial charge on any atom is 0.237 e. The molecule has 0 saturated carbocycles. The largest absolute Gasteiger partial charge is 0.376 e. The fourth-order valence-corrected chi connectivity index (χ4v) is 3.52. The van der Waals surface area contributed by atoms with Crippen molar-refractivity contribution in [1.29, 1.82) is 0 Å². The predicted molar refractivity (Wildman–Crippen MR) is 96.9 cm³/mol. The van der Waals surface area contributed by atoms with Crippen LogP contribution in [0.15, 0.2) is 23.4 Å². The molecule has 1 aliphatic rings. The number of rotatable bonds is 6. The molecule has 7 nitrogen and oxygen atoms in total. The van der Waals surface area contributed by atoms with Crippen LogP contribution in [0.5, 0.6) is 0 Å². The van der Waals surface area contributed by atoms with Gasteiger partial charge in [0.05, 0.1) is 17.9 Å². The average Bonchev–Trinajstić information content (AvgIpc) is 3.24. The molecule has 0 aliphatic carbocycles. The molecule has 9 heteroatoms. The molecule has 1 aliphatic heterocycles. The molecule has 1 amide bonds. The Hall–Kier alpha value is -1.64. The highest BCUT2D eigenvalue weighted by Crippen LogP contribution is 2.25. The number of halogens is 1. The number of anilines is 1. The second-order valence-electron chi connectivity index (χ2n) is 5.99. The first-order valence-electron chi connectivity index (χ1n) is 8.14. The molecule has 25 heavy (non-hydrogen) atoms. The van der Waals surface area contributed by atoms with Crippen LogP contribution in [-0.4, -0.2) is 44.1 Å². The number of aryl methyl sites for hydroxylation is 1. The molecule has 134 valence electrons. The Labute approximate surface area is 155 Å². The molecule has 0 radical (unpaired) electrons. The summed E-state index contributed by atoms with van der Waals surface area (Å²) in [5.74, 6) is -0.123. The van der Waals surface area contributed by atoms with Crippen LogP contribution < -0.4 is 5.32 Å². The molecule has 1 saturated heterocycles. The molecule has 1 N–H and O–H groups in total. The van der Waals surface area contributed by atoms with Gasteiger partial charge in [-0.25, -0.2) is 4.68 Å². The first-order chi connectivity index (χ1) is 12.0. The Morgan fingerprint density at radius 3 is 3.16 bits per heavy atom. The molecule has 0 unspecified atom stereocenters. The zero-order chi connectivity index (χ0) is 17.8. The van der Waals surface area contributed by atoms with Gasteiger partial charge >= 0.3 is 0 Å². The van der Waals surface area contributed by atoms with E-state index in [0.29, 0.717) is 22.4 Å². The van der Waals surface area contributed by atoms with Crippen LogP contribution in [0.25, 0.3) is 0 Å². The van der Waals surface area contributed by atoms with E-state index in [2.05, 4.69) is 20.8 Å². The molecule has 3 rings (SSSR count). The monoisotopic (exact) mass is 381 g/mol. The summed E-state index contributed by atoms with van der Waals surface area (Å²) in [7, 11) is 0. The number of hydrogen-bond donors (Lipinski definition) is 1. The average molecular weight is 382 g/mol. The predicted octanol–water partition coefficient (Wildman–Crippen LogP) is 2.93. The third-order valence-electron chi connectivity index (χ3n) is 4.01. The molecule has 2 heterocycles. The summed E-state index contributed by atoms with van der Waals surface area (Å²) in [6, 6.07) is 5.41. The van der Waals surface area contributed by atoms with Crippen molar-refractivity contribution in [3.63, 3.8) is 0 Å².